The van der Waals surface area contributed by atoms with Crippen LogP contribution in [0.5, 0.6) is 0 Å². The Hall–Kier alpha value is -1.55. The zero-order valence-electron chi connectivity index (χ0n) is 12.3. The molecule has 1 aromatic rings. The molecular weight excluding hydrogens is 288 g/mol. The molecule has 0 radical (unpaired) electrons. The first-order valence-corrected chi connectivity index (χ1v) is 7.92. The number of carbonyl (C=O) groups excluding carboxylic acids is 2. The smallest absolute Gasteiger partial charge is 0.227 e. The highest BCUT2D eigenvalue weighted by Crippen LogP contribution is 2.27. The zero-order chi connectivity index (χ0) is 15.2. The lowest BCUT2D eigenvalue weighted by Crippen LogP contribution is -2.24. The third-order valence-corrected chi connectivity index (χ3v) is 3.90. The van der Waals surface area contributed by atoms with Gasteiger partial charge in [-0.1, -0.05) is 0 Å². The van der Waals surface area contributed by atoms with Gasteiger partial charge in [-0.3, -0.25) is 9.59 Å². The van der Waals surface area contributed by atoms with Gasteiger partial charge >= 0.3 is 0 Å². The van der Waals surface area contributed by atoms with Crippen molar-refractivity contribution in [2.45, 2.75) is 39.0 Å². The van der Waals surface area contributed by atoms with Crippen LogP contribution in [0.3, 0.4) is 0 Å². The van der Waals surface area contributed by atoms with Crippen LogP contribution in [0.25, 0.3) is 0 Å². The van der Waals surface area contributed by atoms with Crippen molar-refractivity contribution in [1.29, 1.82) is 0 Å². The topological polar surface area (TPSA) is 49.4 Å². The standard InChI is InChI=1S/C16H21ClN2O2/c1-12-11-13(18-15(20)5-2-3-9-17)7-8-14(12)19-10-4-6-16(19)21/h7-8,11H,2-6,9-10H2,1H3,(H,18,20). The van der Waals surface area contributed by atoms with Gasteiger partial charge in [0, 0.05) is 36.6 Å². The molecule has 0 spiro atoms. The van der Waals surface area contributed by atoms with E-state index >= 15 is 0 Å². The molecule has 1 aliphatic heterocycles. The number of anilines is 2. The number of alkyl halides is 1. The Morgan fingerprint density at radius 3 is 2.81 bits per heavy atom. The quantitative estimate of drug-likeness (QED) is 0.646. The summed E-state index contributed by atoms with van der Waals surface area (Å²) in [5.74, 6) is 0.769. The number of amides is 2. The summed E-state index contributed by atoms with van der Waals surface area (Å²) < 4.78 is 0. The van der Waals surface area contributed by atoms with E-state index in [9.17, 15) is 9.59 Å². The minimum atomic E-state index is 0.00418. The van der Waals surface area contributed by atoms with E-state index in [1.54, 1.807) is 0 Å². The molecule has 5 heteroatoms. The third-order valence-electron chi connectivity index (χ3n) is 3.63. The first-order valence-electron chi connectivity index (χ1n) is 7.38. The van der Waals surface area contributed by atoms with Crippen LogP contribution in [-0.2, 0) is 9.59 Å². The first-order chi connectivity index (χ1) is 10.1. The lowest BCUT2D eigenvalue weighted by Gasteiger charge is -2.19. The maximum Gasteiger partial charge on any atom is 0.227 e. The van der Waals surface area contributed by atoms with Crippen molar-refractivity contribution in [1.82, 2.24) is 0 Å². The summed E-state index contributed by atoms with van der Waals surface area (Å²) >= 11 is 5.59. The molecule has 0 aliphatic carbocycles. The van der Waals surface area contributed by atoms with E-state index in [2.05, 4.69) is 5.32 Å². The van der Waals surface area contributed by atoms with E-state index in [-0.39, 0.29) is 11.8 Å². The van der Waals surface area contributed by atoms with Gasteiger partial charge in [0.05, 0.1) is 0 Å². The van der Waals surface area contributed by atoms with Gasteiger partial charge in [0.25, 0.3) is 0 Å². The van der Waals surface area contributed by atoms with Crippen LogP contribution in [0, 0.1) is 6.92 Å². The van der Waals surface area contributed by atoms with Crippen LogP contribution >= 0.6 is 11.6 Å². The first kappa shape index (κ1) is 15.8. The Morgan fingerprint density at radius 1 is 1.38 bits per heavy atom. The predicted molar refractivity (Wildman–Crippen MR) is 86.0 cm³/mol. The molecular formula is C16H21ClN2O2. The van der Waals surface area contributed by atoms with E-state index in [0.717, 1.165) is 42.7 Å². The largest absolute Gasteiger partial charge is 0.326 e. The minimum absolute atomic E-state index is 0.00418. The molecule has 2 rings (SSSR count). The summed E-state index contributed by atoms with van der Waals surface area (Å²) in [4.78, 5) is 25.4. The Bertz CT molecular complexity index is 531. The number of rotatable bonds is 6. The van der Waals surface area contributed by atoms with Crippen LogP contribution in [0.2, 0.25) is 0 Å². The molecule has 2 amide bonds. The lowest BCUT2D eigenvalue weighted by molar-refractivity contribution is -0.117. The molecule has 1 aliphatic rings. The van der Waals surface area contributed by atoms with Crippen LogP contribution in [0.15, 0.2) is 18.2 Å². The monoisotopic (exact) mass is 308 g/mol. The number of benzene rings is 1. The number of carbonyl (C=O) groups is 2. The molecule has 1 saturated heterocycles. The molecule has 0 aromatic heterocycles. The summed E-state index contributed by atoms with van der Waals surface area (Å²) in [7, 11) is 0. The van der Waals surface area contributed by atoms with Crippen LogP contribution < -0.4 is 10.2 Å². The second-order valence-corrected chi connectivity index (χ2v) is 5.72. The number of hydrogen-bond acceptors (Lipinski definition) is 2. The highest BCUT2D eigenvalue weighted by atomic mass is 35.5. The molecule has 0 unspecified atom stereocenters. The van der Waals surface area contributed by atoms with Crippen molar-refractivity contribution in [2.75, 3.05) is 22.6 Å². The highest BCUT2D eigenvalue weighted by molar-refractivity contribution is 6.17. The second kappa shape index (κ2) is 7.46. The van der Waals surface area contributed by atoms with Crippen LogP contribution in [0.1, 0.15) is 37.7 Å². The molecule has 1 fully saturated rings. The second-order valence-electron chi connectivity index (χ2n) is 5.34. The number of aryl methyl sites for hydroxylation is 1. The maximum absolute atomic E-state index is 11.8. The van der Waals surface area contributed by atoms with Gasteiger partial charge in [-0.25, -0.2) is 0 Å². The fourth-order valence-corrected chi connectivity index (χ4v) is 2.73. The van der Waals surface area contributed by atoms with E-state index in [1.807, 2.05) is 30.0 Å². The van der Waals surface area contributed by atoms with Crippen molar-refractivity contribution < 1.29 is 9.59 Å². The van der Waals surface area contributed by atoms with E-state index in [1.165, 1.54) is 0 Å². The molecule has 1 heterocycles. The van der Waals surface area contributed by atoms with Crippen molar-refractivity contribution in [2.24, 2.45) is 0 Å². The van der Waals surface area contributed by atoms with Gasteiger partial charge in [-0.05, 0) is 49.9 Å². The molecule has 1 N–H and O–H groups in total. The van der Waals surface area contributed by atoms with Crippen LogP contribution in [-0.4, -0.2) is 24.2 Å². The normalized spacial score (nSPS) is 14.6. The average Bonchev–Trinajstić information content (AvgIpc) is 2.85. The average molecular weight is 309 g/mol. The number of nitrogens with one attached hydrogen (secondary N) is 1. The van der Waals surface area contributed by atoms with Gasteiger partial charge in [0.1, 0.15) is 0 Å². The molecule has 4 nitrogen and oxygen atoms in total. The Balaban J connectivity index is 1.98. The van der Waals surface area contributed by atoms with E-state index in [0.29, 0.717) is 18.7 Å². The van der Waals surface area contributed by atoms with Gasteiger partial charge in [-0.2, -0.15) is 0 Å². The Kier molecular flexibility index (Phi) is 5.62. The van der Waals surface area contributed by atoms with Gasteiger partial charge in [0.15, 0.2) is 0 Å². The summed E-state index contributed by atoms with van der Waals surface area (Å²) in [6.07, 6.45) is 3.67. The van der Waals surface area contributed by atoms with Crippen molar-refractivity contribution in [3.05, 3.63) is 23.8 Å². The predicted octanol–water partition coefficient (Wildman–Crippen LogP) is 3.47. The van der Waals surface area contributed by atoms with E-state index in [4.69, 9.17) is 11.6 Å². The van der Waals surface area contributed by atoms with Crippen molar-refractivity contribution in [3.63, 3.8) is 0 Å². The molecule has 0 atom stereocenters. The van der Waals surface area contributed by atoms with Crippen molar-refractivity contribution >= 4 is 34.8 Å². The van der Waals surface area contributed by atoms with Crippen molar-refractivity contribution in [3.8, 4) is 0 Å². The highest BCUT2D eigenvalue weighted by Gasteiger charge is 2.22. The number of hydrogen-bond donors (Lipinski definition) is 1. The van der Waals surface area contributed by atoms with E-state index < -0.39 is 0 Å². The number of halogens is 1. The summed E-state index contributed by atoms with van der Waals surface area (Å²) in [5, 5.41) is 2.89. The number of unbranched alkanes of at least 4 members (excludes halogenated alkanes) is 1. The van der Waals surface area contributed by atoms with Crippen LogP contribution in [0.4, 0.5) is 11.4 Å². The summed E-state index contributed by atoms with van der Waals surface area (Å²) in [6.45, 7) is 2.74. The SMILES string of the molecule is Cc1cc(NC(=O)CCCCCl)ccc1N1CCCC1=O. The fraction of sp³-hybridized carbons (Fsp3) is 0.500. The lowest BCUT2D eigenvalue weighted by atomic mass is 10.1. The molecule has 21 heavy (non-hydrogen) atoms. The summed E-state index contributed by atoms with van der Waals surface area (Å²) in [6, 6.07) is 5.68. The molecule has 0 saturated carbocycles. The maximum atomic E-state index is 11.8. The van der Waals surface area contributed by atoms with Gasteiger partial charge < -0.3 is 10.2 Å². The Morgan fingerprint density at radius 2 is 2.19 bits per heavy atom. The van der Waals surface area contributed by atoms with Gasteiger partial charge in [-0.15, -0.1) is 11.6 Å². The number of nitrogens with zero attached hydrogens (tertiary/aromatic N) is 1. The third kappa shape index (κ3) is 4.21. The zero-order valence-corrected chi connectivity index (χ0v) is 13.1. The molecule has 0 bridgehead atoms. The Labute approximate surface area is 130 Å². The fourth-order valence-electron chi connectivity index (χ4n) is 2.54. The molecule has 1 aromatic carbocycles. The molecule has 114 valence electrons. The summed E-state index contributed by atoms with van der Waals surface area (Å²) in [5.41, 5.74) is 2.72. The minimum Gasteiger partial charge on any atom is -0.326 e. The van der Waals surface area contributed by atoms with Gasteiger partial charge in [0.2, 0.25) is 11.8 Å².